The lowest BCUT2D eigenvalue weighted by Gasteiger charge is -2.17. The number of nitrogens with two attached hydrogens (primary N) is 1. The van der Waals surface area contributed by atoms with E-state index in [2.05, 4.69) is 20.3 Å². The van der Waals surface area contributed by atoms with Gasteiger partial charge in [0.05, 0.1) is 17.5 Å². The van der Waals surface area contributed by atoms with Crippen LogP contribution in [0.15, 0.2) is 28.9 Å². The normalized spacial score (nSPS) is 20.2. The van der Waals surface area contributed by atoms with Crippen LogP contribution in [0.4, 0.5) is 11.8 Å². The van der Waals surface area contributed by atoms with E-state index in [-0.39, 0.29) is 18.6 Å². The molecule has 0 saturated heterocycles. The van der Waals surface area contributed by atoms with Crippen molar-refractivity contribution in [3.63, 3.8) is 0 Å². The standard InChI is InChI=1S/C18H21N5O2/c1-10-16(14-7-12-4-5-20-8-15(12)25-14)17(23-18(19)21-10)22-13-3-2-11(6-13)9-24/h4-5,7-8,11,13,24H,2-3,6,9H2,1H3,(H3,19,21,22,23). The van der Waals surface area contributed by atoms with Crippen molar-refractivity contribution in [2.45, 2.75) is 32.2 Å². The Balaban J connectivity index is 1.73. The van der Waals surface area contributed by atoms with Crippen LogP contribution in [0.1, 0.15) is 25.0 Å². The molecule has 1 aliphatic carbocycles. The fraction of sp³-hybridized carbons (Fsp3) is 0.389. The highest BCUT2D eigenvalue weighted by Gasteiger charge is 2.26. The predicted octanol–water partition coefficient (Wildman–Crippen LogP) is 2.75. The second-order valence-corrected chi connectivity index (χ2v) is 6.62. The van der Waals surface area contributed by atoms with Gasteiger partial charge < -0.3 is 20.6 Å². The molecule has 7 heteroatoms. The number of hydrogen-bond acceptors (Lipinski definition) is 7. The molecule has 3 heterocycles. The molecule has 2 atom stereocenters. The molecule has 3 aromatic rings. The molecule has 1 saturated carbocycles. The van der Waals surface area contributed by atoms with E-state index in [1.807, 2.05) is 19.1 Å². The highest BCUT2D eigenvalue weighted by molar-refractivity contribution is 5.85. The topological polar surface area (TPSA) is 110 Å². The molecule has 25 heavy (non-hydrogen) atoms. The highest BCUT2D eigenvalue weighted by Crippen LogP contribution is 2.36. The van der Waals surface area contributed by atoms with Crippen LogP contribution in [0.25, 0.3) is 22.3 Å². The molecular weight excluding hydrogens is 318 g/mol. The third kappa shape index (κ3) is 3.02. The van der Waals surface area contributed by atoms with Crippen molar-refractivity contribution < 1.29 is 9.52 Å². The zero-order valence-corrected chi connectivity index (χ0v) is 14.1. The number of aryl methyl sites for hydroxylation is 1. The van der Waals surface area contributed by atoms with Crippen molar-refractivity contribution >= 4 is 22.7 Å². The Morgan fingerprint density at radius 2 is 2.24 bits per heavy atom. The first-order chi connectivity index (χ1) is 12.1. The number of hydrogen-bond donors (Lipinski definition) is 3. The average molecular weight is 339 g/mol. The molecule has 0 aromatic carbocycles. The van der Waals surface area contributed by atoms with Gasteiger partial charge in [-0.05, 0) is 44.2 Å². The summed E-state index contributed by atoms with van der Waals surface area (Å²) in [4.78, 5) is 12.8. The fourth-order valence-electron chi connectivity index (χ4n) is 3.57. The van der Waals surface area contributed by atoms with Crippen LogP contribution < -0.4 is 11.1 Å². The SMILES string of the molecule is Cc1nc(N)nc(NC2CCC(CO)C2)c1-c1cc2ccncc2o1. The molecule has 0 amide bonds. The minimum absolute atomic E-state index is 0.229. The minimum atomic E-state index is 0.229. The molecule has 0 bridgehead atoms. The van der Waals surface area contributed by atoms with Gasteiger partial charge in [0, 0.05) is 24.2 Å². The van der Waals surface area contributed by atoms with Crippen LogP contribution in [0.3, 0.4) is 0 Å². The Morgan fingerprint density at radius 1 is 1.36 bits per heavy atom. The summed E-state index contributed by atoms with van der Waals surface area (Å²) in [5.74, 6) is 1.96. The van der Waals surface area contributed by atoms with Crippen molar-refractivity contribution in [3.8, 4) is 11.3 Å². The number of anilines is 2. The van der Waals surface area contributed by atoms with Gasteiger partial charge in [0.1, 0.15) is 11.6 Å². The Bertz CT molecular complexity index is 875. The lowest BCUT2D eigenvalue weighted by atomic mass is 10.1. The zero-order chi connectivity index (χ0) is 17.4. The number of fused-ring (bicyclic) bond motifs is 1. The first-order valence-electron chi connectivity index (χ1n) is 8.49. The summed E-state index contributed by atoms with van der Waals surface area (Å²) in [6.07, 6.45) is 6.36. The maximum absolute atomic E-state index is 9.36. The average Bonchev–Trinajstić information content (AvgIpc) is 3.20. The molecule has 4 N–H and O–H groups in total. The van der Waals surface area contributed by atoms with Crippen molar-refractivity contribution in [3.05, 3.63) is 30.2 Å². The number of aliphatic hydroxyl groups is 1. The highest BCUT2D eigenvalue weighted by atomic mass is 16.3. The molecule has 3 aromatic heterocycles. The van der Waals surface area contributed by atoms with Gasteiger partial charge >= 0.3 is 0 Å². The number of rotatable bonds is 4. The first-order valence-corrected chi connectivity index (χ1v) is 8.49. The Hall–Kier alpha value is -2.67. The number of aliphatic hydroxyl groups excluding tert-OH is 1. The van der Waals surface area contributed by atoms with E-state index in [4.69, 9.17) is 10.2 Å². The van der Waals surface area contributed by atoms with E-state index >= 15 is 0 Å². The molecule has 2 unspecified atom stereocenters. The van der Waals surface area contributed by atoms with Crippen molar-refractivity contribution in [2.24, 2.45) is 5.92 Å². The minimum Gasteiger partial charge on any atom is -0.454 e. The van der Waals surface area contributed by atoms with Crippen LogP contribution >= 0.6 is 0 Å². The summed E-state index contributed by atoms with van der Waals surface area (Å²) in [6.45, 7) is 2.13. The van der Waals surface area contributed by atoms with E-state index in [1.165, 1.54) is 0 Å². The maximum atomic E-state index is 9.36. The molecule has 0 radical (unpaired) electrons. The molecule has 1 aliphatic rings. The van der Waals surface area contributed by atoms with Gasteiger partial charge in [-0.1, -0.05) is 0 Å². The number of pyridine rings is 1. The van der Waals surface area contributed by atoms with Gasteiger partial charge in [0.15, 0.2) is 5.58 Å². The van der Waals surface area contributed by atoms with Crippen LogP contribution in [-0.2, 0) is 0 Å². The predicted molar refractivity (Wildman–Crippen MR) is 96.0 cm³/mol. The Labute approximate surface area is 145 Å². The summed E-state index contributed by atoms with van der Waals surface area (Å²) >= 11 is 0. The number of nitrogens with zero attached hydrogens (tertiary/aromatic N) is 3. The zero-order valence-electron chi connectivity index (χ0n) is 14.1. The van der Waals surface area contributed by atoms with Crippen LogP contribution in [-0.4, -0.2) is 32.7 Å². The lowest BCUT2D eigenvalue weighted by Crippen LogP contribution is -2.19. The molecule has 0 spiro atoms. The van der Waals surface area contributed by atoms with Gasteiger partial charge in [-0.2, -0.15) is 4.98 Å². The third-order valence-corrected chi connectivity index (χ3v) is 4.82. The monoisotopic (exact) mass is 339 g/mol. The van der Waals surface area contributed by atoms with Crippen LogP contribution in [0.5, 0.6) is 0 Å². The van der Waals surface area contributed by atoms with Crippen LogP contribution in [0, 0.1) is 12.8 Å². The van der Waals surface area contributed by atoms with Crippen molar-refractivity contribution in [1.82, 2.24) is 15.0 Å². The van der Waals surface area contributed by atoms with E-state index in [0.717, 1.165) is 41.5 Å². The molecular formula is C18H21N5O2. The Kier molecular flexibility index (Phi) is 4.01. The summed E-state index contributed by atoms with van der Waals surface area (Å²) in [6, 6.07) is 4.14. The van der Waals surface area contributed by atoms with Gasteiger partial charge in [-0.25, -0.2) is 4.98 Å². The second kappa shape index (κ2) is 6.33. The summed E-state index contributed by atoms with van der Waals surface area (Å²) in [5.41, 5.74) is 8.17. The quantitative estimate of drug-likeness (QED) is 0.670. The van der Waals surface area contributed by atoms with Gasteiger partial charge in [-0.15, -0.1) is 0 Å². The second-order valence-electron chi connectivity index (χ2n) is 6.62. The van der Waals surface area contributed by atoms with Crippen molar-refractivity contribution in [2.75, 3.05) is 17.7 Å². The number of nitrogens with one attached hydrogen (secondary N) is 1. The largest absolute Gasteiger partial charge is 0.454 e. The Morgan fingerprint density at radius 3 is 3.00 bits per heavy atom. The van der Waals surface area contributed by atoms with Gasteiger partial charge in [0.25, 0.3) is 0 Å². The smallest absolute Gasteiger partial charge is 0.222 e. The van der Waals surface area contributed by atoms with Gasteiger partial charge in [-0.3, -0.25) is 4.98 Å². The summed E-state index contributed by atoms with van der Waals surface area (Å²) in [7, 11) is 0. The molecule has 7 nitrogen and oxygen atoms in total. The van der Waals surface area contributed by atoms with E-state index in [1.54, 1.807) is 12.4 Å². The molecule has 4 rings (SSSR count). The lowest BCUT2D eigenvalue weighted by molar-refractivity contribution is 0.229. The summed E-state index contributed by atoms with van der Waals surface area (Å²) in [5, 5.41) is 13.8. The van der Waals surface area contributed by atoms with E-state index in [0.29, 0.717) is 17.5 Å². The number of furan rings is 1. The van der Waals surface area contributed by atoms with Crippen molar-refractivity contribution in [1.29, 1.82) is 0 Å². The summed E-state index contributed by atoms with van der Waals surface area (Å²) < 4.78 is 5.96. The van der Waals surface area contributed by atoms with E-state index < -0.39 is 0 Å². The first kappa shape index (κ1) is 15.8. The molecule has 0 aliphatic heterocycles. The van der Waals surface area contributed by atoms with Gasteiger partial charge in [0.2, 0.25) is 5.95 Å². The number of nitrogen functional groups attached to an aromatic ring is 1. The van der Waals surface area contributed by atoms with E-state index in [9.17, 15) is 5.11 Å². The number of aromatic nitrogens is 3. The fourth-order valence-corrected chi connectivity index (χ4v) is 3.57. The molecule has 1 fully saturated rings. The maximum Gasteiger partial charge on any atom is 0.222 e. The third-order valence-electron chi connectivity index (χ3n) is 4.82. The van der Waals surface area contributed by atoms with Crippen LogP contribution in [0.2, 0.25) is 0 Å². The molecule has 130 valence electrons.